The van der Waals surface area contributed by atoms with Gasteiger partial charge in [-0.3, -0.25) is 0 Å². The second kappa shape index (κ2) is 7.15. The average Bonchev–Trinajstić information content (AvgIpc) is 3.44. The van der Waals surface area contributed by atoms with E-state index in [2.05, 4.69) is 70.6 Å². The van der Waals surface area contributed by atoms with Gasteiger partial charge in [0, 0.05) is 50.3 Å². The molecule has 0 fully saturated rings. The van der Waals surface area contributed by atoms with E-state index in [0.717, 1.165) is 60.5 Å². The lowest BCUT2D eigenvalue weighted by atomic mass is 9.99. The van der Waals surface area contributed by atoms with E-state index >= 15 is 0 Å². The number of rotatable bonds is 3. The highest BCUT2D eigenvalue weighted by Crippen LogP contribution is 2.35. The normalized spacial score (nSPS) is 11.4. The minimum absolute atomic E-state index is 0.728. The van der Waals surface area contributed by atoms with E-state index in [4.69, 9.17) is 16.6 Å². The monoisotopic (exact) mass is 419 g/mol. The molecule has 0 amide bonds. The third-order valence-electron chi connectivity index (χ3n) is 5.73. The molecule has 0 atom stereocenters. The molecule has 3 heterocycles. The molecular formula is C27H18ClN3. The molecule has 0 aliphatic heterocycles. The van der Waals surface area contributed by atoms with Crippen LogP contribution in [-0.4, -0.2) is 15.0 Å². The molecule has 0 unspecified atom stereocenters. The maximum atomic E-state index is 6.13. The molecular weight excluding hydrogens is 402 g/mol. The molecule has 0 spiro atoms. The predicted octanol–water partition coefficient (Wildman–Crippen LogP) is 7.70. The van der Waals surface area contributed by atoms with Crippen molar-refractivity contribution >= 4 is 33.4 Å². The summed E-state index contributed by atoms with van der Waals surface area (Å²) in [5.74, 6) is 0. The number of nitrogens with one attached hydrogen (secondary N) is 2. The minimum Gasteiger partial charge on any atom is -0.360 e. The van der Waals surface area contributed by atoms with Gasteiger partial charge in [-0.2, -0.15) is 0 Å². The number of aromatic amines is 2. The highest BCUT2D eigenvalue weighted by atomic mass is 35.5. The molecule has 3 aromatic heterocycles. The largest absolute Gasteiger partial charge is 0.360 e. The summed E-state index contributed by atoms with van der Waals surface area (Å²) < 4.78 is 0. The number of H-pyrrole nitrogens is 2. The lowest BCUT2D eigenvalue weighted by Gasteiger charge is -2.10. The molecule has 0 aliphatic carbocycles. The molecule has 0 aliphatic rings. The second-order valence-electron chi connectivity index (χ2n) is 7.63. The molecule has 6 rings (SSSR count). The highest BCUT2D eigenvalue weighted by molar-refractivity contribution is 6.30. The number of benzene rings is 3. The number of pyridine rings is 1. The van der Waals surface area contributed by atoms with Crippen molar-refractivity contribution in [2.24, 2.45) is 0 Å². The van der Waals surface area contributed by atoms with Crippen LogP contribution < -0.4 is 0 Å². The summed E-state index contributed by atoms with van der Waals surface area (Å²) in [6.45, 7) is 0. The van der Waals surface area contributed by atoms with E-state index in [1.807, 2.05) is 36.7 Å². The van der Waals surface area contributed by atoms with Crippen molar-refractivity contribution in [1.29, 1.82) is 0 Å². The summed E-state index contributed by atoms with van der Waals surface area (Å²) >= 11 is 6.13. The summed E-state index contributed by atoms with van der Waals surface area (Å²) in [7, 11) is 0. The van der Waals surface area contributed by atoms with Crippen molar-refractivity contribution in [2.45, 2.75) is 0 Å². The van der Waals surface area contributed by atoms with Crippen molar-refractivity contribution < 1.29 is 0 Å². The molecule has 0 bridgehead atoms. The first-order valence-corrected chi connectivity index (χ1v) is 10.5. The Kier molecular flexibility index (Phi) is 4.15. The Hall–Kier alpha value is -3.82. The quantitative estimate of drug-likeness (QED) is 0.303. The van der Waals surface area contributed by atoms with Crippen LogP contribution in [-0.2, 0) is 0 Å². The zero-order valence-corrected chi connectivity index (χ0v) is 17.3. The Morgan fingerprint density at radius 3 is 1.65 bits per heavy atom. The molecule has 6 aromatic rings. The fraction of sp³-hybridized carbons (Fsp3) is 0. The third kappa shape index (κ3) is 3.11. The molecule has 31 heavy (non-hydrogen) atoms. The minimum atomic E-state index is 0.728. The lowest BCUT2D eigenvalue weighted by molar-refractivity contribution is 1.33. The van der Waals surface area contributed by atoms with Gasteiger partial charge in [0.2, 0.25) is 0 Å². The van der Waals surface area contributed by atoms with Crippen molar-refractivity contribution in [3.63, 3.8) is 0 Å². The third-order valence-corrected chi connectivity index (χ3v) is 5.99. The van der Waals surface area contributed by atoms with Gasteiger partial charge in [-0.05, 0) is 47.5 Å². The average molecular weight is 420 g/mol. The maximum absolute atomic E-state index is 6.13. The number of hydrogen-bond acceptors (Lipinski definition) is 1. The van der Waals surface area contributed by atoms with Gasteiger partial charge in [0.15, 0.2) is 0 Å². The summed E-state index contributed by atoms with van der Waals surface area (Å²) in [4.78, 5) is 11.8. The molecule has 0 saturated carbocycles. The van der Waals surface area contributed by atoms with E-state index in [0.29, 0.717) is 0 Å². The summed E-state index contributed by atoms with van der Waals surface area (Å²) in [6, 6.07) is 28.9. The van der Waals surface area contributed by atoms with Gasteiger partial charge >= 0.3 is 0 Å². The number of nitrogens with zero attached hydrogens (tertiary/aromatic N) is 1. The van der Waals surface area contributed by atoms with Crippen LogP contribution in [0.1, 0.15) is 0 Å². The lowest BCUT2D eigenvalue weighted by Crippen LogP contribution is -1.90. The summed E-state index contributed by atoms with van der Waals surface area (Å²) in [6.07, 6.45) is 4.08. The zero-order chi connectivity index (χ0) is 20.8. The topological polar surface area (TPSA) is 44.5 Å². The Morgan fingerprint density at radius 2 is 1.10 bits per heavy atom. The van der Waals surface area contributed by atoms with Gasteiger partial charge in [0.05, 0.1) is 11.4 Å². The van der Waals surface area contributed by atoms with Gasteiger partial charge in [0.1, 0.15) is 0 Å². The van der Waals surface area contributed by atoms with E-state index in [-0.39, 0.29) is 0 Å². The highest BCUT2D eigenvalue weighted by Gasteiger charge is 2.14. The van der Waals surface area contributed by atoms with Gasteiger partial charge < -0.3 is 9.97 Å². The Bertz CT molecular complexity index is 1450. The van der Waals surface area contributed by atoms with Crippen LogP contribution >= 0.6 is 11.6 Å². The van der Waals surface area contributed by atoms with Crippen LogP contribution in [0.2, 0.25) is 5.02 Å². The molecule has 3 aromatic carbocycles. The van der Waals surface area contributed by atoms with E-state index in [1.54, 1.807) is 0 Å². The summed E-state index contributed by atoms with van der Waals surface area (Å²) in [5.41, 5.74) is 8.46. The van der Waals surface area contributed by atoms with Crippen LogP contribution in [0.15, 0.2) is 97.3 Å². The van der Waals surface area contributed by atoms with Crippen molar-refractivity contribution in [3.8, 4) is 33.6 Å². The number of halogens is 1. The fourth-order valence-corrected chi connectivity index (χ4v) is 4.31. The first-order valence-electron chi connectivity index (χ1n) is 10.2. The number of para-hydroxylation sites is 2. The van der Waals surface area contributed by atoms with Gasteiger partial charge in [-0.1, -0.05) is 60.1 Å². The Balaban J connectivity index is 1.61. The number of hydrogen-bond donors (Lipinski definition) is 2. The van der Waals surface area contributed by atoms with E-state index in [1.165, 1.54) is 0 Å². The number of fused-ring (bicyclic) bond motifs is 2. The predicted molar refractivity (Wildman–Crippen MR) is 129 cm³/mol. The van der Waals surface area contributed by atoms with Crippen LogP contribution in [0.3, 0.4) is 0 Å². The van der Waals surface area contributed by atoms with Crippen LogP contribution in [0, 0.1) is 0 Å². The fourth-order valence-electron chi connectivity index (χ4n) is 4.18. The Morgan fingerprint density at radius 1 is 0.581 bits per heavy atom. The van der Waals surface area contributed by atoms with Gasteiger partial charge in [-0.15, -0.1) is 0 Å². The molecule has 3 nitrogen and oxygen atoms in total. The van der Waals surface area contributed by atoms with Crippen molar-refractivity contribution in [3.05, 3.63) is 102 Å². The second-order valence-corrected chi connectivity index (χ2v) is 8.07. The maximum Gasteiger partial charge on any atom is 0.0737 e. The molecule has 148 valence electrons. The van der Waals surface area contributed by atoms with Crippen LogP contribution in [0.25, 0.3) is 55.4 Å². The Labute approximate surface area is 184 Å². The SMILES string of the molecule is Clc1ccc(-c2cc(-c3c[nH]c4ccccc34)nc(-c3c[nH]c4ccccc34)c2)cc1. The van der Waals surface area contributed by atoms with Crippen LogP contribution in [0.4, 0.5) is 0 Å². The standard InChI is InChI=1S/C27H18ClN3/c28-19-11-9-17(10-12-19)18-13-26(22-15-29-24-7-3-1-5-20(22)24)31-27(14-18)23-16-30-25-8-4-2-6-21(23)25/h1-16,29-30H. The van der Waals surface area contributed by atoms with Crippen molar-refractivity contribution in [1.82, 2.24) is 15.0 Å². The van der Waals surface area contributed by atoms with E-state index < -0.39 is 0 Å². The smallest absolute Gasteiger partial charge is 0.0737 e. The van der Waals surface area contributed by atoms with Crippen LogP contribution in [0.5, 0.6) is 0 Å². The number of aromatic nitrogens is 3. The zero-order valence-electron chi connectivity index (χ0n) is 16.6. The first-order chi connectivity index (χ1) is 15.3. The first kappa shape index (κ1) is 18.0. The van der Waals surface area contributed by atoms with Gasteiger partial charge in [0.25, 0.3) is 0 Å². The molecule has 2 N–H and O–H groups in total. The van der Waals surface area contributed by atoms with Crippen molar-refractivity contribution in [2.75, 3.05) is 0 Å². The molecule has 0 radical (unpaired) electrons. The van der Waals surface area contributed by atoms with E-state index in [9.17, 15) is 0 Å². The molecule has 4 heteroatoms. The summed E-state index contributed by atoms with van der Waals surface area (Å²) in [5, 5.41) is 3.05. The van der Waals surface area contributed by atoms with Gasteiger partial charge in [-0.25, -0.2) is 4.98 Å². The molecule has 0 saturated heterocycles.